The zero-order valence-electron chi connectivity index (χ0n) is 11.4. The van der Waals surface area contributed by atoms with Gasteiger partial charge in [-0.2, -0.15) is 11.8 Å². The van der Waals surface area contributed by atoms with Gasteiger partial charge in [-0.3, -0.25) is 14.9 Å². The standard InChI is InChI=1S/C13H18N2O4S/c1-9(12(8-16)20-2)14-13(17)7-10-5-3-4-6-11(10)15(18)19/h3-6,9,12,16H,7-8H2,1-2H3,(H,14,17). The number of benzene rings is 1. The van der Waals surface area contributed by atoms with E-state index in [9.17, 15) is 14.9 Å². The second-order valence-corrected chi connectivity index (χ2v) is 5.45. The van der Waals surface area contributed by atoms with Crippen LogP contribution < -0.4 is 5.32 Å². The zero-order valence-corrected chi connectivity index (χ0v) is 12.2. The molecule has 0 saturated heterocycles. The molecule has 0 aliphatic rings. The maximum atomic E-state index is 11.9. The first-order chi connectivity index (χ1) is 9.49. The highest BCUT2D eigenvalue weighted by molar-refractivity contribution is 7.99. The Balaban J connectivity index is 2.70. The van der Waals surface area contributed by atoms with Crippen LogP contribution in [0.2, 0.25) is 0 Å². The second-order valence-electron chi connectivity index (χ2n) is 4.38. The van der Waals surface area contributed by atoms with Crippen molar-refractivity contribution in [2.24, 2.45) is 0 Å². The lowest BCUT2D eigenvalue weighted by Gasteiger charge is -2.21. The van der Waals surface area contributed by atoms with Crippen LogP contribution in [-0.4, -0.2) is 40.1 Å². The Labute approximate surface area is 121 Å². The summed E-state index contributed by atoms with van der Waals surface area (Å²) in [5.41, 5.74) is 0.325. The van der Waals surface area contributed by atoms with Gasteiger partial charge in [-0.1, -0.05) is 18.2 Å². The molecular weight excluding hydrogens is 280 g/mol. The molecule has 20 heavy (non-hydrogen) atoms. The largest absolute Gasteiger partial charge is 0.395 e. The minimum absolute atomic E-state index is 0.0336. The number of aliphatic hydroxyl groups is 1. The maximum Gasteiger partial charge on any atom is 0.273 e. The molecule has 2 unspecified atom stereocenters. The minimum atomic E-state index is -0.496. The van der Waals surface area contributed by atoms with E-state index < -0.39 is 4.92 Å². The molecule has 1 aromatic carbocycles. The molecule has 0 heterocycles. The molecule has 2 atom stereocenters. The van der Waals surface area contributed by atoms with Crippen LogP contribution in [0, 0.1) is 10.1 Å². The average molecular weight is 298 g/mol. The number of hydrogen-bond acceptors (Lipinski definition) is 5. The summed E-state index contributed by atoms with van der Waals surface area (Å²) in [6.45, 7) is 1.77. The molecule has 2 N–H and O–H groups in total. The van der Waals surface area contributed by atoms with Crippen LogP contribution in [0.1, 0.15) is 12.5 Å². The summed E-state index contributed by atoms with van der Waals surface area (Å²) in [4.78, 5) is 22.3. The van der Waals surface area contributed by atoms with E-state index in [4.69, 9.17) is 5.11 Å². The van der Waals surface area contributed by atoms with Gasteiger partial charge in [-0.25, -0.2) is 0 Å². The Morgan fingerprint density at radius 2 is 2.15 bits per heavy atom. The quantitative estimate of drug-likeness (QED) is 0.586. The monoisotopic (exact) mass is 298 g/mol. The lowest BCUT2D eigenvalue weighted by molar-refractivity contribution is -0.385. The molecule has 0 bridgehead atoms. The number of aliphatic hydroxyl groups excluding tert-OH is 1. The summed E-state index contributed by atoms with van der Waals surface area (Å²) < 4.78 is 0. The maximum absolute atomic E-state index is 11.9. The van der Waals surface area contributed by atoms with E-state index >= 15 is 0 Å². The highest BCUT2D eigenvalue weighted by Gasteiger charge is 2.20. The first-order valence-electron chi connectivity index (χ1n) is 6.15. The van der Waals surface area contributed by atoms with Gasteiger partial charge in [0.25, 0.3) is 5.69 Å². The number of carbonyl (C=O) groups is 1. The summed E-state index contributed by atoms with van der Waals surface area (Å²) >= 11 is 1.46. The molecule has 0 radical (unpaired) electrons. The molecule has 6 nitrogen and oxygen atoms in total. The van der Waals surface area contributed by atoms with E-state index in [2.05, 4.69) is 5.32 Å². The Morgan fingerprint density at radius 1 is 1.50 bits per heavy atom. The summed E-state index contributed by atoms with van der Waals surface area (Å²) in [5.74, 6) is -0.292. The van der Waals surface area contributed by atoms with E-state index in [0.717, 1.165) is 0 Å². The number of para-hydroxylation sites is 1. The van der Waals surface area contributed by atoms with Crippen molar-refractivity contribution in [3.63, 3.8) is 0 Å². The summed E-state index contributed by atoms with van der Waals surface area (Å²) in [5, 5.41) is 22.7. The van der Waals surface area contributed by atoms with Crippen molar-refractivity contribution in [1.29, 1.82) is 0 Å². The van der Waals surface area contributed by atoms with Crippen LogP contribution in [0.5, 0.6) is 0 Å². The fraction of sp³-hybridized carbons (Fsp3) is 0.462. The van der Waals surface area contributed by atoms with Crippen LogP contribution in [-0.2, 0) is 11.2 Å². The van der Waals surface area contributed by atoms with Gasteiger partial charge in [0.1, 0.15) is 0 Å². The molecule has 0 saturated carbocycles. The van der Waals surface area contributed by atoms with Crippen molar-refractivity contribution in [1.82, 2.24) is 5.32 Å². The third-order valence-electron chi connectivity index (χ3n) is 2.97. The van der Waals surface area contributed by atoms with Gasteiger partial charge >= 0.3 is 0 Å². The Bertz CT molecular complexity index is 477. The van der Waals surface area contributed by atoms with Gasteiger partial charge in [0.15, 0.2) is 0 Å². The first kappa shape index (κ1) is 16.5. The van der Waals surface area contributed by atoms with Crippen molar-refractivity contribution in [2.75, 3.05) is 12.9 Å². The van der Waals surface area contributed by atoms with E-state index in [0.29, 0.717) is 5.56 Å². The Hall–Kier alpha value is -1.60. The van der Waals surface area contributed by atoms with E-state index in [1.54, 1.807) is 25.1 Å². The Morgan fingerprint density at radius 3 is 2.70 bits per heavy atom. The molecule has 1 rings (SSSR count). The fourth-order valence-corrected chi connectivity index (χ4v) is 2.47. The molecule has 1 amide bonds. The zero-order chi connectivity index (χ0) is 15.1. The van der Waals surface area contributed by atoms with Crippen molar-refractivity contribution < 1.29 is 14.8 Å². The van der Waals surface area contributed by atoms with Crippen LogP contribution in [0.4, 0.5) is 5.69 Å². The van der Waals surface area contributed by atoms with Crippen LogP contribution in [0.15, 0.2) is 24.3 Å². The number of nitro benzene ring substituents is 1. The van der Waals surface area contributed by atoms with Crippen LogP contribution in [0.25, 0.3) is 0 Å². The molecule has 0 aliphatic heterocycles. The topological polar surface area (TPSA) is 92.5 Å². The van der Waals surface area contributed by atoms with E-state index in [1.165, 1.54) is 17.8 Å². The van der Waals surface area contributed by atoms with E-state index in [1.807, 2.05) is 6.26 Å². The van der Waals surface area contributed by atoms with E-state index in [-0.39, 0.29) is 35.9 Å². The van der Waals surface area contributed by atoms with Crippen molar-refractivity contribution in [3.8, 4) is 0 Å². The SMILES string of the molecule is CSC(CO)C(C)NC(=O)Cc1ccccc1[N+](=O)[O-]. The number of carbonyl (C=O) groups excluding carboxylic acids is 1. The van der Waals surface area contributed by atoms with Crippen LogP contribution >= 0.6 is 11.8 Å². The summed E-state index contributed by atoms with van der Waals surface area (Å²) in [7, 11) is 0. The molecule has 1 aromatic rings. The molecule has 110 valence electrons. The van der Waals surface area contributed by atoms with Gasteiger partial charge in [-0.15, -0.1) is 0 Å². The van der Waals surface area contributed by atoms with Gasteiger partial charge < -0.3 is 10.4 Å². The number of rotatable bonds is 7. The number of hydrogen-bond donors (Lipinski definition) is 2. The highest BCUT2D eigenvalue weighted by Crippen LogP contribution is 2.18. The molecule has 0 aliphatic carbocycles. The van der Waals surface area contributed by atoms with Crippen molar-refractivity contribution in [3.05, 3.63) is 39.9 Å². The van der Waals surface area contributed by atoms with Gasteiger partial charge in [0, 0.05) is 22.9 Å². The van der Waals surface area contributed by atoms with Crippen LogP contribution in [0.3, 0.4) is 0 Å². The fourth-order valence-electron chi connectivity index (χ4n) is 1.85. The minimum Gasteiger partial charge on any atom is -0.395 e. The number of nitrogens with zero attached hydrogens (tertiary/aromatic N) is 1. The number of thioether (sulfide) groups is 1. The third kappa shape index (κ3) is 4.50. The first-order valence-corrected chi connectivity index (χ1v) is 7.43. The number of nitro groups is 1. The molecule has 7 heteroatoms. The molecular formula is C13H18N2O4S. The third-order valence-corrected chi connectivity index (χ3v) is 4.13. The highest BCUT2D eigenvalue weighted by atomic mass is 32.2. The molecule has 0 spiro atoms. The molecule has 0 fully saturated rings. The Kier molecular flexibility index (Phi) is 6.47. The smallest absolute Gasteiger partial charge is 0.273 e. The normalized spacial score (nSPS) is 13.6. The number of amides is 1. The predicted octanol–water partition coefficient (Wildman–Crippen LogP) is 1.37. The lowest BCUT2D eigenvalue weighted by Crippen LogP contribution is -2.41. The summed E-state index contributed by atoms with van der Waals surface area (Å²) in [6.07, 6.45) is 1.81. The van der Waals surface area contributed by atoms with Crippen molar-refractivity contribution >= 4 is 23.4 Å². The predicted molar refractivity (Wildman–Crippen MR) is 78.8 cm³/mol. The second kappa shape index (κ2) is 7.86. The number of nitrogens with one attached hydrogen (secondary N) is 1. The average Bonchev–Trinajstić information content (AvgIpc) is 2.40. The molecule has 0 aromatic heterocycles. The van der Waals surface area contributed by atoms with Gasteiger partial charge in [0.2, 0.25) is 5.91 Å². The van der Waals surface area contributed by atoms with Gasteiger partial charge in [0.05, 0.1) is 18.0 Å². The van der Waals surface area contributed by atoms with Crippen molar-refractivity contribution in [2.45, 2.75) is 24.6 Å². The lowest BCUT2D eigenvalue weighted by atomic mass is 10.1. The van der Waals surface area contributed by atoms with Gasteiger partial charge in [-0.05, 0) is 13.2 Å². The summed E-state index contributed by atoms with van der Waals surface area (Å²) in [6, 6.07) is 5.98.